The number of rotatable bonds is 2. The minimum atomic E-state index is -0.398. The molecule has 0 saturated heterocycles. The number of nitrogens with zero attached hydrogens (tertiary/aromatic N) is 2. The fourth-order valence-corrected chi connectivity index (χ4v) is 4.98. The molecule has 4 fully saturated rings. The molecule has 4 aliphatic carbocycles. The molecule has 5 rings (SSSR count). The first kappa shape index (κ1) is 11.4. The first-order valence-corrected chi connectivity index (χ1v) is 7.18. The molecule has 0 spiro atoms. The molecular formula is C14H19FN4. The third-order valence-electron chi connectivity index (χ3n) is 5.18. The van der Waals surface area contributed by atoms with Gasteiger partial charge in [-0.1, -0.05) is 0 Å². The Morgan fingerprint density at radius 3 is 2.32 bits per heavy atom. The van der Waals surface area contributed by atoms with Crippen LogP contribution in [0.3, 0.4) is 0 Å². The monoisotopic (exact) mass is 262 g/mol. The van der Waals surface area contributed by atoms with Gasteiger partial charge in [0.25, 0.3) is 0 Å². The smallest absolute Gasteiger partial charge is 0.222 e. The van der Waals surface area contributed by atoms with Crippen molar-refractivity contribution in [2.45, 2.75) is 44.1 Å². The van der Waals surface area contributed by atoms with Crippen molar-refractivity contribution in [2.75, 3.05) is 11.1 Å². The summed E-state index contributed by atoms with van der Waals surface area (Å²) in [6.07, 6.45) is 8.73. The summed E-state index contributed by atoms with van der Waals surface area (Å²) in [5, 5.41) is 3.39. The van der Waals surface area contributed by atoms with Gasteiger partial charge in [-0.3, -0.25) is 0 Å². The number of nitrogen functional groups attached to an aromatic ring is 1. The van der Waals surface area contributed by atoms with E-state index in [1.54, 1.807) is 0 Å². The molecule has 4 aliphatic rings. The highest BCUT2D eigenvalue weighted by molar-refractivity contribution is 5.42. The number of hydrogen-bond acceptors (Lipinski definition) is 4. The standard InChI is InChI=1S/C14H19FN4/c15-11-7-17-13(16)18-12(11)19-14-4-8-1-9(5-14)3-10(2-8)6-14/h7-10H,1-6H2,(H3,16,17,18,19). The summed E-state index contributed by atoms with van der Waals surface area (Å²) in [5.41, 5.74) is 5.62. The summed E-state index contributed by atoms with van der Waals surface area (Å²) >= 11 is 0. The number of nitrogens with one attached hydrogen (secondary N) is 1. The lowest BCUT2D eigenvalue weighted by Gasteiger charge is -2.57. The van der Waals surface area contributed by atoms with Crippen LogP contribution in [-0.2, 0) is 0 Å². The molecule has 4 bridgehead atoms. The van der Waals surface area contributed by atoms with Gasteiger partial charge in [-0.2, -0.15) is 4.98 Å². The van der Waals surface area contributed by atoms with Crippen LogP contribution in [0.15, 0.2) is 6.20 Å². The van der Waals surface area contributed by atoms with Gasteiger partial charge < -0.3 is 11.1 Å². The van der Waals surface area contributed by atoms with Gasteiger partial charge in [0.1, 0.15) is 0 Å². The minimum absolute atomic E-state index is 0.0520. The van der Waals surface area contributed by atoms with Crippen LogP contribution < -0.4 is 11.1 Å². The maximum absolute atomic E-state index is 13.8. The summed E-state index contributed by atoms with van der Waals surface area (Å²) in [7, 11) is 0. The summed E-state index contributed by atoms with van der Waals surface area (Å²) in [6.45, 7) is 0. The summed E-state index contributed by atoms with van der Waals surface area (Å²) < 4.78 is 13.8. The summed E-state index contributed by atoms with van der Waals surface area (Å²) in [5.74, 6) is 2.48. The highest BCUT2D eigenvalue weighted by atomic mass is 19.1. The zero-order valence-electron chi connectivity index (χ0n) is 10.9. The molecule has 4 saturated carbocycles. The third-order valence-corrected chi connectivity index (χ3v) is 5.18. The van der Waals surface area contributed by atoms with Crippen LogP contribution >= 0.6 is 0 Å². The van der Waals surface area contributed by atoms with Crippen LogP contribution in [0.2, 0.25) is 0 Å². The topological polar surface area (TPSA) is 63.8 Å². The van der Waals surface area contributed by atoms with E-state index in [4.69, 9.17) is 5.73 Å². The molecule has 0 amide bonds. The van der Waals surface area contributed by atoms with E-state index in [2.05, 4.69) is 15.3 Å². The Morgan fingerprint density at radius 1 is 1.16 bits per heavy atom. The second kappa shape index (κ2) is 3.81. The van der Waals surface area contributed by atoms with Crippen LogP contribution in [0, 0.1) is 23.6 Å². The Labute approximate surface area is 112 Å². The van der Waals surface area contributed by atoms with Crippen molar-refractivity contribution >= 4 is 11.8 Å². The third kappa shape index (κ3) is 1.86. The number of aromatic nitrogens is 2. The van der Waals surface area contributed by atoms with Crippen LogP contribution in [0.4, 0.5) is 16.2 Å². The van der Waals surface area contributed by atoms with E-state index >= 15 is 0 Å². The van der Waals surface area contributed by atoms with Gasteiger partial charge >= 0.3 is 0 Å². The maximum atomic E-state index is 13.8. The second-order valence-corrected chi connectivity index (χ2v) is 6.75. The van der Waals surface area contributed by atoms with Crippen LogP contribution in [0.5, 0.6) is 0 Å². The molecule has 3 N–H and O–H groups in total. The van der Waals surface area contributed by atoms with Crippen molar-refractivity contribution < 1.29 is 4.39 Å². The first-order valence-electron chi connectivity index (χ1n) is 7.18. The maximum Gasteiger partial charge on any atom is 0.222 e. The van der Waals surface area contributed by atoms with Gasteiger partial charge in [0, 0.05) is 5.54 Å². The molecule has 1 heterocycles. The normalized spacial score (nSPS) is 39.5. The molecule has 1 aromatic rings. The van der Waals surface area contributed by atoms with E-state index in [1.165, 1.54) is 19.3 Å². The van der Waals surface area contributed by atoms with Crippen molar-refractivity contribution in [1.82, 2.24) is 9.97 Å². The average molecular weight is 262 g/mol. The predicted octanol–water partition coefficient (Wildman–Crippen LogP) is 2.58. The van der Waals surface area contributed by atoms with Crippen molar-refractivity contribution in [3.8, 4) is 0 Å². The molecule has 0 aliphatic heterocycles. The largest absolute Gasteiger partial charge is 0.368 e. The van der Waals surface area contributed by atoms with E-state index in [-0.39, 0.29) is 17.3 Å². The van der Waals surface area contributed by atoms with E-state index in [1.807, 2.05) is 0 Å². The Balaban J connectivity index is 1.64. The molecule has 4 nitrogen and oxygen atoms in total. The van der Waals surface area contributed by atoms with E-state index in [9.17, 15) is 4.39 Å². The zero-order chi connectivity index (χ0) is 13.0. The average Bonchev–Trinajstić information content (AvgIpc) is 2.31. The van der Waals surface area contributed by atoms with Crippen LogP contribution in [0.1, 0.15) is 38.5 Å². The van der Waals surface area contributed by atoms with Crippen LogP contribution in [0.25, 0.3) is 0 Å². The molecule has 0 unspecified atom stereocenters. The van der Waals surface area contributed by atoms with Crippen molar-refractivity contribution in [2.24, 2.45) is 17.8 Å². The molecule has 1 aromatic heterocycles. The Kier molecular flexibility index (Phi) is 2.29. The SMILES string of the molecule is Nc1ncc(F)c(NC23CC4CC(CC(C4)C2)C3)n1. The molecule has 19 heavy (non-hydrogen) atoms. The predicted molar refractivity (Wildman–Crippen MR) is 70.9 cm³/mol. The highest BCUT2D eigenvalue weighted by Crippen LogP contribution is 2.56. The van der Waals surface area contributed by atoms with E-state index in [0.717, 1.165) is 43.2 Å². The lowest BCUT2D eigenvalue weighted by Crippen LogP contribution is -2.55. The first-order chi connectivity index (χ1) is 9.12. The molecular weight excluding hydrogens is 243 g/mol. The molecule has 0 atom stereocenters. The van der Waals surface area contributed by atoms with Gasteiger partial charge in [0.15, 0.2) is 11.6 Å². The van der Waals surface area contributed by atoms with Gasteiger partial charge in [0.05, 0.1) is 6.20 Å². The lowest BCUT2D eigenvalue weighted by atomic mass is 9.53. The zero-order valence-corrected chi connectivity index (χ0v) is 10.9. The molecule has 5 heteroatoms. The quantitative estimate of drug-likeness (QED) is 0.860. The summed E-state index contributed by atoms with van der Waals surface area (Å²) in [6, 6.07) is 0. The second-order valence-electron chi connectivity index (χ2n) is 6.75. The van der Waals surface area contributed by atoms with Gasteiger partial charge in [-0.05, 0) is 56.3 Å². The lowest BCUT2D eigenvalue weighted by molar-refractivity contribution is 0.0104. The van der Waals surface area contributed by atoms with Gasteiger partial charge in [0.2, 0.25) is 5.95 Å². The van der Waals surface area contributed by atoms with Crippen molar-refractivity contribution in [3.05, 3.63) is 12.0 Å². The van der Waals surface area contributed by atoms with Gasteiger partial charge in [-0.15, -0.1) is 0 Å². The fraction of sp³-hybridized carbons (Fsp3) is 0.714. The number of hydrogen-bond donors (Lipinski definition) is 2. The summed E-state index contributed by atoms with van der Waals surface area (Å²) in [4.78, 5) is 7.71. The Bertz CT molecular complexity index is 481. The molecule has 0 radical (unpaired) electrons. The number of anilines is 2. The Morgan fingerprint density at radius 2 is 1.74 bits per heavy atom. The Hall–Kier alpha value is -1.39. The highest BCUT2D eigenvalue weighted by Gasteiger charge is 2.51. The number of halogens is 1. The van der Waals surface area contributed by atoms with E-state index in [0.29, 0.717) is 0 Å². The molecule has 0 aromatic carbocycles. The van der Waals surface area contributed by atoms with Crippen LogP contribution in [-0.4, -0.2) is 15.5 Å². The van der Waals surface area contributed by atoms with Crippen molar-refractivity contribution in [3.63, 3.8) is 0 Å². The minimum Gasteiger partial charge on any atom is -0.368 e. The van der Waals surface area contributed by atoms with Crippen molar-refractivity contribution in [1.29, 1.82) is 0 Å². The van der Waals surface area contributed by atoms with Gasteiger partial charge in [-0.25, -0.2) is 9.37 Å². The number of nitrogens with two attached hydrogens (primary N) is 1. The van der Waals surface area contributed by atoms with E-state index < -0.39 is 5.82 Å². The molecule has 102 valence electrons. The fourth-order valence-electron chi connectivity index (χ4n) is 4.98.